The Kier molecular flexibility index (Phi) is 7.12. The average molecular weight is 299 g/mol. The van der Waals surface area contributed by atoms with Crippen molar-refractivity contribution in [3.63, 3.8) is 0 Å². The molecule has 1 aromatic rings. The van der Waals surface area contributed by atoms with E-state index >= 15 is 0 Å². The number of rotatable bonds is 9. The van der Waals surface area contributed by atoms with Crippen LogP contribution in [0.5, 0.6) is 0 Å². The zero-order chi connectivity index (χ0) is 15.0. The predicted molar refractivity (Wildman–Crippen MR) is 82.5 cm³/mol. The first kappa shape index (κ1) is 17.1. The molecule has 1 rings (SSSR count). The first-order chi connectivity index (χ1) is 9.40. The molecule has 20 heavy (non-hydrogen) atoms. The Balaban J connectivity index is 2.29. The number of hydrogen-bond donors (Lipinski definition) is 1. The second kappa shape index (κ2) is 8.34. The maximum Gasteiger partial charge on any atom is 0.148 e. The summed E-state index contributed by atoms with van der Waals surface area (Å²) in [4.78, 5) is 6.78. The van der Waals surface area contributed by atoms with Gasteiger partial charge in [-0.25, -0.2) is 8.42 Å². The normalized spacial score (nSPS) is 12.0. The first-order valence-corrected chi connectivity index (χ1v) is 9.00. The highest BCUT2D eigenvalue weighted by atomic mass is 32.2. The van der Waals surface area contributed by atoms with Crippen molar-refractivity contribution in [1.82, 2.24) is 15.2 Å². The van der Waals surface area contributed by atoms with E-state index in [9.17, 15) is 8.42 Å². The van der Waals surface area contributed by atoms with Crippen LogP contribution in [0.1, 0.15) is 18.3 Å². The summed E-state index contributed by atoms with van der Waals surface area (Å²) >= 11 is 0. The predicted octanol–water partition coefficient (Wildman–Crippen LogP) is 0.846. The highest BCUT2D eigenvalue weighted by molar-refractivity contribution is 7.90. The molecule has 114 valence electrons. The largest absolute Gasteiger partial charge is 0.314 e. The molecular formula is C14H25N3O2S. The molecule has 0 saturated heterocycles. The molecule has 1 aromatic heterocycles. The lowest BCUT2D eigenvalue weighted by Gasteiger charge is -2.20. The van der Waals surface area contributed by atoms with Gasteiger partial charge in [0.15, 0.2) is 0 Å². The minimum atomic E-state index is -2.87. The lowest BCUT2D eigenvalue weighted by Crippen LogP contribution is -2.33. The quantitative estimate of drug-likeness (QED) is 0.685. The van der Waals surface area contributed by atoms with E-state index in [1.54, 1.807) is 0 Å². The van der Waals surface area contributed by atoms with Gasteiger partial charge in [-0.2, -0.15) is 0 Å². The SMILES string of the molecule is CCN(CCNCCS(C)(=O)=O)Cc1cccc(C)n1. The fourth-order valence-corrected chi connectivity index (χ4v) is 2.40. The molecule has 0 aliphatic carbocycles. The van der Waals surface area contributed by atoms with Crippen molar-refractivity contribution in [2.24, 2.45) is 0 Å². The van der Waals surface area contributed by atoms with Gasteiger partial charge in [0.05, 0.1) is 11.4 Å². The van der Waals surface area contributed by atoms with Crippen LogP contribution in [-0.2, 0) is 16.4 Å². The van der Waals surface area contributed by atoms with Crippen LogP contribution in [0.2, 0.25) is 0 Å². The van der Waals surface area contributed by atoms with E-state index in [-0.39, 0.29) is 5.75 Å². The van der Waals surface area contributed by atoms with Gasteiger partial charge in [-0.3, -0.25) is 9.88 Å². The van der Waals surface area contributed by atoms with Gasteiger partial charge in [0.1, 0.15) is 9.84 Å². The highest BCUT2D eigenvalue weighted by Crippen LogP contribution is 2.02. The van der Waals surface area contributed by atoms with Crippen LogP contribution in [0.15, 0.2) is 18.2 Å². The Morgan fingerprint density at radius 1 is 1.30 bits per heavy atom. The molecule has 5 nitrogen and oxygen atoms in total. The van der Waals surface area contributed by atoms with Crippen molar-refractivity contribution in [2.75, 3.05) is 38.2 Å². The molecule has 1 heterocycles. The Morgan fingerprint density at radius 3 is 2.65 bits per heavy atom. The minimum absolute atomic E-state index is 0.193. The molecule has 0 aliphatic rings. The number of pyridine rings is 1. The van der Waals surface area contributed by atoms with Crippen molar-refractivity contribution in [3.05, 3.63) is 29.6 Å². The van der Waals surface area contributed by atoms with Crippen LogP contribution < -0.4 is 5.32 Å². The summed E-state index contributed by atoms with van der Waals surface area (Å²) in [5.74, 6) is 0.193. The van der Waals surface area contributed by atoms with Crippen LogP contribution in [-0.4, -0.2) is 56.5 Å². The fraction of sp³-hybridized carbons (Fsp3) is 0.643. The Labute approximate surface area is 122 Å². The molecule has 0 aliphatic heterocycles. The average Bonchev–Trinajstić information content (AvgIpc) is 2.35. The second-order valence-corrected chi connectivity index (χ2v) is 7.28. The zero-order valence-corrected chi connectivity index (χ0v) is 13.4. The molecule has 0 amide bonds. The highest BCUT2D eigenvalue weighted by Gasteiger charge is 2.05. The summed E-state index contributed by atoms with van der Waals surface area (Å²) in [5, 5.41) is 3.16. The maximum atomic E-state index is 11.0. The zero-order valence-electron chi connectivity index (χ0n) is 12.6. The third-order valence-electron chi connectivity index (χ3n) is 3.03. The fourth-order valence-electron chi connectivity index (χ4n) is 1.89. The molecule has 1 N–H and O–H groups in total. The van der Waals surface area contributed by atoms with E-state index in [1.165, 1.54) is 6.26 Å². The van der Waals surface area contributed by atoms with E-state index in [0.717, 1.165) is 37.6 Å². The van der Waals surface area contributed by atoms with Crippen LogP contribution >= 0.6 is 0 Å². The maximum absolute atomic E-state index is 11.0. The van der Waals surface area contributed by atoms with Gasteiger partial charge in [0.2, 0.25) is 0 Å². The minimum Gasteiger partial charge on any atom is -0.314 e. The van der Waals surface area contributed by atoms with Crippen LogP contribution in [0.3, 0.4) is 0 Å². The Morgan fingerprint density at radius 2 is 2.05 bits per heavy atom. The van der Waals surface area contributed by atoms with Crippen molar-refractivity contribution in [1.29, 1.82) is 0 Å². The monoisotopic (exact) mass is 299 g/mol. The van der Waals surface area contributed by atoms with E-state index in [2.05, 4.69) is 22.1 Å². The standard InChI is InChI=1S/C14H25N3O2S/c1-4-17(10-8-15-9-11-20(3,18)19)12-14-7-5-6-13(2)16-14/h5-7,15H,4,8-12H2,1-3H3. The molecular weight excluding hydrogens is 274 g/mol. The van der Waals surface area contributed by atoms with Gasteiger partial charge < -0.3 is 5.32 Å². The number of nitrogens with zero attached hydrogens (tertiary/aromatic N) is 2. The van der Waals surface area contributed by atoms with E-state index in [1.807, 2.05) is 25.1 Å². The summed E-state index contributed by atoms with van der Waals surface area (Å²) in [6, 6.07) is 6.05. The Bertz CT molecular complexity index is 503. The number of nitrogens with one attached hydrogen (secondary N) is 1. The van der Waals surface area contributed by atoms with Gasteiger partial charge >= 0.3 is 0 Å². The van der Waals surface area contributed by atoms with Crippen molar-refractivity contribution >= 4 is 9.84 Å². The molecule has 0 atom stereocenters. The topological polar surface area (TPSA) is 62.3 Å². The number of likely N-dealkylation sites (N-methyl/N-ethyl adjacent to an activating group) is 1. The van der Waals surface area contributed by atoms with E-state index in [0.29, 0.717) is 6.54 Å². The molecule has 0 aromatic carbocycles. The smallest absolute Gasteiger partial charge is 0.148 e. The number of sulfone groups is 1. The van der Waals surface area contributed by atoms with Gasteiger partial charge in [-0.05, 0) is 25.6 Å². The summed E-state index contributed by atoms with van der Waals surface area (Å²) in [7, 11) is -2.87. The molecule has 0 spiro atoms. The third-order valence-corrected chi connectivity index (χ3v) is 3.98. The van der Waals surface area contributed by atoms with E-state index < -0.39 is 9.84 Å². The number of hydrogen-bond acceptors (Lipinski definition) is 5. The van der Waals surface area contributed by atoms with Crippen LogP contribution in [0.4, 0.5) is 0 Å². The van der Waals surface area contributed by atoms with Gasteiger partial charge in [-0.1, -0.05) is 13.0 Å². The first-order valence-electron chi connectivity index (χ1n) is 6.94. The lowest BCUT2D eigenvalue weighted by atomic mass is 10.3. The summed E-state index contributed by atoms with van der Waals surface area (Å²) in [6.45, 7) is 8.07. The summed E-state index contributed by atoms with van der Waals surface area (Å²) < 4.78 is 22.0. The molecule has 0 unspecified atom stereocenters. The number of aromatic nitrogens is 1. The Hall–Kier alpha value is -0.980. The van der Waals surface area contributed by atoms with Gasteiger partial charge in [0, 0.05) is 38.1 Å². The van der Waals surface area contributed by atoms with Crippen molar-refractivity contribution in [2.45, 2.75) is 20.4 Å². The van der Waals surface area contributed by atoms with Crippen molar-refractivity contribution < 1.29 is 8.42 Å². The molecule has 0 bridgehead atoms. The molecule has 0 fully saturated rings. The van der Waals surface area contributed by atoms with Gasteiger partial charge in [-0.15, -0.1) is 0 Å². The second-order valence-electron chi connectivity index (χ2n) is 5.02. The van der Waals surface area contributed by atoms with Crippen LogP contribution in [0.25, 0.3) is 0 Å². The van der Waals surface area contributed by atoms with Gasteiger partial charge in [0.25, 0.3) is 0 Å². The van der Waals surface area contributed by atoms with E-state index in [4.69, 9.17) is 0 Å². The van der Waals surface area contributed by atoms with Crippen LogP contribution in [0, 0.1) is 6.92 Å². The lowest BCUT2D eigenvalue weighted by molar-refractivity contribution is 0.276. The summed E-state index contributed by atoms with van der Waals surface area (Å²) in [6.07, 6.45) is 1.26. The molecule has 0 radical (unpaired) electrons. The number of aryl methyl sites for hydroxylation is 1. The summed E-state index contributed by atoms with van der Waals surface area (Å²) in [5.41, 5.74) is 2.10. The molecule has 0 saturated carbocycles. The molecule has 6 heteroatoms. The van der Waals surface area contributed by atoms with Crippen molar-refractivity contribution in [3.8, 4) is 0 Å². The third kappa shape index (κ3) is 7.57.